The van der Waals surface area contributed by atoms with Crippen molar-refractivity contribution in [1.82, 2.24) is 0 Å². The fourth-order valence-electron chi connectivity index (χ4n) is 0.911. The van der Waals surface area contributed by atoms with Crippen molar-refractivity contribution in [1.29, 1.82) is 0 Å². The first-order chi connectivity index (χ1) is 4.49. The first-order valence-electron chi connectivity index (χ1n) is 3.08. The Morgan fingerprint density at radius 3 is 2.60 bits per heavy atom. The van der Waals surface area contributed by atoms with E-state index in [-0.39, 0.29) is 0 Å². The van der Waals surface area contributed by atoms with Gasteiger partial charge in [0, 0.05) is 6.42 Å². The summed E-state index contributed by atoms with van der Waals surface area (Å²) < 4.78 is 9.39. The zero-order valence-electron chi connectivity index (χ0n) is 6.14. The number of hydrogen-bond donors (Lipinski definition) is 0. The summed E-state index contributed by atoms with van der Waals surface area (Å²) in [6.45, 7) is 7.17. The molecule has 0 saturated carbocycles. The summed E-state index contributed by atoms with van der Waals surface area (Å²) in [4.78, 5) is 10.6. The fourth-order valence-corrected chi connectivity index (χ4v) is 0.911. The number of hydrogen-bond acceptors (Lipinski definition) is 3. The summed E-state index contributed by atoms with van der Waals surface area (Å²) in [6, 6.07) is 0. The number of carbonyl (C=O) groups is 1. The smallest absolute Gasteiger partial charge is 0.427 e. The van der Waals surface area contributed by atoms with Gasteiger partial charge in [-0.25, -0.2) is 4.79 Å². The molecule has 1 saturated heterocycles. The normalized spacial score (nSPS) is 23.4. The maximum Gasteiger partial charge on any atom is 0.514 e. The maximum absolute atomic E-state index is 10.6. The van der Waals surface area contributed by atoms with Crippen LogP contribution in [0.1, 0.15) is 20.3 Å². The lowest BCUT2D eigenvalue weighted by atomic mass is 10.0. The molecule has 3 nitrogen and oxygen atoms in total. The molecule has 3 heteroatoms. The van der Waals surface area contributed by atoms with Crippen LogP contribution in [0.3, 0.4) is 0 Å². The van der Waals surface area contributed by atoms with E-state index in [9.17, 15) is 4.79 Å². The Labute approximate surface area is 59.6 Å². The molecule has 1 rings (SSSR count). The van der Waals surface area contributed by atoms with Crippen LogP contribution in [-0.4, -0.2) is 11.8 Å². The average molecular weight is 142 g/mol. The summed E-state index contributed by atoms with van der Waals surface area (Å²) in [5, 5.41) is 0. The van der Waals surface area contributed by atoms with Crippen molar-refractivity contribution in [3.8, 4) is 0 Å². The van der Waals surface area contributed by atoms with Crippen LogP contribution in [0.25, 0.3) is 0 Å². The highest BCUT2D eigenvalue weighted by molar-refractivity contribution is 5.63. The maximum atomic E-state index is 10.6. The molecule has 0 unspecified atom stereocenters. The van der Waals surface area contributed by atoms with Crippen molar-refractivity contribution in [2.24, 2.45) is 0 Å². The molecule has 0 bridgehead atoms. The second-order valence-electron chi connectivity index (χ2n) is 2.93. The van der Waals surface area contributed by atoms with Gasteiger partial charge in [-0.15, -0.1) is 0 Å². The van der Waals surface area contributed by atoms with Gasteiger partial charge in [0.25, 0.3) is 0 Å². The lowest BCUT2D eigenvalue weighted by molar-refractivity contribution is -0.0396. The molecule has 0 aromatic carbocycles. The standard InChI is InChI=1S/C7H10O3/c1-5-4-7(2,3)10-6(8)9-5/h1,4H2,2-3H3. The van der Waals surface area contributed by atoms with Crippen LogP contribution < -0.4 is 0 Å². The highest BCUT2D eigenvalue weighted by atomic mass is 16.7. The molecule has 0 aromatic rings. The predicted octanol–water partition coefficient (Wildman–Crippen LogP) is 1.84. The van der Waals surface area contributed by atoms with E-state index in [1.165, 1.54) is 0 Å². The van der Waals surface area contributed by atoms with Crippen LogP contribution >= 0.6 is 0 Å². The summed E-state index contributed by atoms with van der Waals surface area (Å²) in [7, 11) is 0. The molecular weight excluding hydrogens is 132 g/mol. The summed E-state index contributed by atoms with van der Waals surface area (Å²) in [5.41, 5.74) is -0.452. The number of rotatable bonds is 0. The lowest BCUT2D eigenvalue weighted by Crippen LogP contribution is -2.33. The first kappa shape index (κ1) is 7.12. The molecular formula is C7H10O3. The quantitative estimate of drug-likeness (QED) is 0.484. The Morgan fingerprint density at radius 1 is 1.60 bits per heavy atom. The van der Waals surface area contributed by atoms with Crippen LogP contribution in [0.2, 0.25) is 0 Å². The van der Waals surface area contributed by atoms with Crippen molar-refractivity contribution < 1.29 is 14.3 Å². The number of cyclic esters (lactones) is 2. The second kappa shape index (κ2) is 2.01. The largest absolute Gasteiger partial charge is 0.514 e. The third kappa shape index (κ3) is 1.50. The topological polar surface area (TPSA) is 35.5 Å². The molecule has 1 fully saturated rings. The van der Waals surface area contributed by atoms with Crippen molar-refractivity contribution in [3.63, 3.8) is 0 Å². The van der Waals surface area contributed by atoms with E-state index in [1.54, 1.807) is 0 Å². The molecule has 0 aromatic heterocycles. The third-order valence-electron chi connectivity index (χ3n) is 1.21. The second-order valence-corrected chi connectivity index (χ2v) is 2.93. The van der Waals surface area contributed by atoms with Gasteiger partial charge in [-0.05, 0) is 13.8 Å². The molecule has 1 aliphatic rings. The highest BCUT2D eigenvalue weighted by Crippen LogP contribution is 2.25. The van der Waals surface area contributed by atoms with E-state index in [1.807, 2.05) is 13.8 Å². The van der Waals surface area contributed by atoms with Gasteiger partial charge in [0.05, 0.1) is 0 Å². The van der Waals surface area contributed by atoms with Crippen LogP contribution in [0, 0.1) is 0 Å². The van der Waals surface area contributed by atoms with E-state index in [4.69, 9.17) is 4.74 Å². The predicted molar refractivity (Wildman–Crippen MR) is 35.4 cm³/mol. The number of carbonyl (C=O) groups excluding carboxylic acids is 1. The van der Waals surface area contributed by atoms with E-state index in [0.717, 1.165) is 0 Å². The molecule has 0 atom stereocenters. The SMILES string of the molecule is C=C1CC(C)(C)OC(=O)O1. The molecule has 0 N–H and O–H groups in total. The minimum Gasteiger partial charge on any atom is -0.427 e. The van der Waals surface area contributed by atoms with Gasteiger partial charge in [0.15, 0.2) is 0 Å². The minimum absolute atomic E-state index is 0.452. The Morgan fingerprint density at radius 2 is 2.20 bits per heavy atom. The summed E-state index contributed by atoms with van der Waals surface area (Å²) in [5.74, 6) is 0.473. The monoisotopic (exact) mass is 142 g/mol. The molecule has 10 heavy (non-hydrogen) atoms. The lowest BCUT2D eigenvalue weighted by Gasteiger charge is -2.29. The molecule has 0 spiro atoms. The van der Waals surface area contributed by atoms with Crippen molar-refractivity contribution in [3.05, 3.63) is 12.3 Å². The van der Waals surface area contributed by atoms with Gasteiger partial charge in [0.2, 0.25) is 0 Å². The zero-order chi connectivity index (χ0) is 7.78. The molecule has 56 valence electrons. The Bertz CT molecular complexity index is 163. The fraction of sp³-hybridized carbons (Fsp3) is 0.571. The van der Waals surface area contributed by atoms with Crippen molar-refractivity contribution >= 4 is 6.16 Å². The highest BCUT2D eigenvalue weighted by Gasteiger charge is 2.31. The van der Waals surface area contributed by atoms with Gasteiger partial charge >= 0.3 is 6.16 Å². The Kier molecular flexibility index (Phi) is 1.43. The van der Waals surface area contributed by atoms with Gasteiger partial charge in [-0.2, -0.15) is 0 Å². The molecule has 0 aliphatic carbocycles. The average Bonchev–Trinajstić information content (AvgIpc) is 1.54. The van der Waals surface area contributed by atoms with Crippen LogP contribution in [0.15, 0.2) is 12.3 Å². The van der Waals surface area contributed by atoms with Crippen molar-refractivity contribution in [2.75, 3.05) is 0 Å². The van der Waals surface area contributed by atoms with E-state index in [0.29, 0.717) is 12.2 Å². The summed E-state index contributed by atoms with van der Waals surface area (Å²) in [6.07, 6.45) is -0.0834. The van der Waals surface area contributed by atoms with Gasteiger partial charge in [0.1, 0.15) is 11.4 Å². The van der Waals surface area contributed by atoms with Crippen LogP contribution in [0.5, 0.6) is 0 Å². The zero-order valence-corrected chi connectivity index (χ0v) is 6.14. The first-order valence-corrected chi connectivity index (χ1v) is 3.08. The van der Waals surface area contributed by atoms with E-state index in [2.05, 4.69) is 11.3 Å². The minimum atomic E-state index is -0.652. The molecule has 1 heterocycles. The molecule has 0 radical (unpaired) electrons. The molecule has 1 aliphatic heterocycles. The molecule has 0 amide bonds. The van der Waals surface area contributed by atoms with Gasteiger partial charge < -0.3 is 9.47 Å². The number of ether oxygens (including phenoxy) is 2. The summed E-state index contributed by atoms with van der Waals surface area (Å²) >= 11 is 0. The van der Waals surface area contributed by atoms with Crippen LogP contribution in [0.4, 0.5) is 4.79 Å². The Hall–Kier alpha value is -0.990. The van der Waals surface area contributed by atoms with Crippen molar-refractivity contribution in [2.45, 2.75) is 25.9 Å². The van der Waals surface area contributed by atoms with Crippen LogP contribution in [-0.2, 0) is 9.47 Å². The Balaban J connectivity index is 2.68. The van der Waals surface area contributed by atoms with Gasteiger partial charge in [-0.3, -0.25) is 0 Å². The van der Waals surface area contributed by atoms with E-state index < -0.39 is 11.8 Å². The van der Waals surface area contributed by atoms with Gasteiger partial charge in [-0.1, -0.05) is 6.58 Å². The third-order valence-corrected chi connectivity index (χ3v) is 1.21. The van der Waals surface area contributed by atoms with E-state index >= 15 is 0 Å².